The molecule has 1 aliphatic heterocycles. The highest BCUT2D eigenvalue weighted by atomic mass is 32.2. The lowest BCUT2D eigenvalue weighted by molar-refractivity contribution is 0.251. The van der Waals surface area contributed by atoms with E-state index in [2.05, 4.69) is 18.2 Å². The number of nitrogens with one attached hydrogen (secondary N) is 1. The van der Waals surface area contributed by atoms with Gasteiger partial charge in [0.15, 0.2) is 0 Å². The van der Waals surface area contributed by atoms with Gasteiger partial charge in [0.2, 0.25) is 10.0 Å². The summed E-state index contributed by atoms with van der Waals surface area (Å²) in [6, 6.07) is 13.2. The Morgan fingerprint density at radius 3 is 2.68 bits per heavy atom. The number of nitrogen functional groups attached to an aromatic ring is 1. The monoisotopic (exact) mass is 358 g/mol. The van der Waals surface area contributed by atoms with E-state index in [9.17, 15) is 8.42 Å². The van der Waals surface area contributed by atoms with E-state index in [4.69, 9.17) is 10.5 Å². The summed E-state index contributed by atoms with van der Waals surface area (Å²) in [7, 11) is -3.41. The molecule has 3 rings (SSSR count). The Kier molecular flexibility index (Phi) is 4.24. The highest BCUT2D eigenvalue weighted by Gasteiger charge is 2.37. The maximum absolute atomic E-state index is 11.6. The number of hydrogen-bond donors (Lipinski definition) is 2. The van der Waals surface area contributed by atoms with E-state index in [0.717, 1.165) is 35.1 Å². The van der Waals surface area contributed by atoms with Crippen LogP contribution in [0.2, 0.25) is 0 Å². The van der Waals surface area contributed by atoms with Crippen LogP contribution in [0.1, 0.15) is 24.5 Å². The van der Waals surface area contributed by atoms with Crippen LogP contribution in [-0.4, -0.2) is 21.3 Å². The molecule has 3 N–H and O–H groups in total. The first-order valence-electron chi connectivity index (χ1n) is 8.01. The third kappa shape index (κ3) is 3.22. The van der Waals surface area contributed by atoms with Crippen LogP contribution < -0.4 is 15.2 Å². The van der Waals surface area contributed by atoms with E-state index in [1.807, 2.05) is 30.3 Å². The van der Waals surface area contributed by atoms with Crippen molar-refractivity contribution in [2.75, 3.05) is 23.3 Å². The van der Waals surface area contributed by atoms with Crippen LogP contribution in [0.15, 0.2) is 49.0 Å². The van der Waals surface area contributed by atoms with Crippen LogP contribution in [-0.2, 0) is 15.4 Å². The molecule has 1 heterocycles. The SMILES string of the molecule is C=C(c1cccc(NS(C)(=O)=O)c1N)C1(C)CCOc2ccccc21. The van der Waals surface area contributed by atoms with Gasteiger partial charge >= 0.3 is 0 Å². The van der Waals surface area contributed by atoms with Gasteiger partial charge in [0.05, 0.1) is 24.2 Å². The van der Waals surface area contributed by atoms with Gasteiger partial charge in [-0.3, -0.25) is 4.72 Å². The minimum absolute atomic E-state index is 0.341. The number of rotatable bonds is 4. The van der Waals surface area contributed by atoms with Crippen molar-refractivity contribution in [3.63, 3.8) is 0 Å². The first-order valence-corrected chi connectivity index (χ1v) is 9.90. The van der Waals surface area contributed by atoms with Crippen LogP contribution in [0.3, 0.4) is 0 Å². The molecule has 0 spiro atoms. The van der Waals surface area contributed by atoms with Gasteiger partial charge in [-0.15, -0.1) is 0 Å². The summed E-state index contributed by atoms with van der Waals surface area (Å²) >= 11 is 0. The number of para-hydroxylation sites is 2. The van der Waals surface area contributed by atoms with Crippen molar-refractivity contribution in [1.82, 2.24) is 0 Å². The first-order chi connectivity index (χ1) is 11.7. The molecule has 0 aromatic heterocycles. The van der Waals surface area contributed by atoms with Gasteiger partial charge in [0.1, 0.15) is 5.75 Å². The van der Waals surface area contributed by atoms with E-state index >= 15 is 0 Å². The predicted octanol–water partition coefficient (Wildman–Crippen LogP) is 3.39. The topological polar surface area (TPSA) is 81.4 Å². The summed E-state index contributed by atoms with van der Waals surface area (Å²) < 4.78 is 31.3. The van der Waals surface area contributed by atoms with Crippen molar-refractivity contribution in [3.8, 4) is 5.75 Å². The molecule has 0 fully saturated rings. The number of hydrogen-bond acceptors (Lipinski definition) is 4. The number of fused-ring (bicyclic) bond motifs is 1. The molecule has 0 amide bonds. The summed E-state index contributed by atoms with van der Waals surface area (Å²) in [5.74, 6) is 0.849. The van der Waals surface area contributed by atoms with Crippen molar-refractivity contribution >= 4 is 27.0 Å². The normalized spacial score (nSPS) is 19.6. The molecule has 0 radical (unpaired) electrons. The molecule has 0 aliphatic carbocycles. The van der Waals surface area contributed by atoms with Crippen LogP contribution in [0.25, 0.3) is 5.57 Å². The smallest absolute Gasteiger partial charge is 0.229 e. The van der Waals surface area contributed by atoms with Crippen LogP contribution in [0.5, 0.6) is 5.75 Å². The number of sulfonamides is 1. The molecule has 1 unspecified atom stereocenters. The summed E-state index contributed by atoms with van der Waals surface area (Å²) in [4.78, 5) is 0. The Morgan fingerprint density at radius 2 is 1.96 bits per heavy atom. The minimum atomic E-state index is -3.41. The van der Waals surface area contributed by atoms with E-state index in [1.165, 1.54) is 0 Å². The number of anilines is 2. The molecule has 6 heteroatoms. The second-order valence-electron chi connectivity index (χ2n) is 6.55. The van der Waals surface area contributed by atoms with E-state index < -0.39 is 10.0 Å². The molecule has 132 valence electrons. The van der Waals surface area contributed by atoms with Crippen molar-refractivity contribution in [2.24, 2.45) is 0 Å². The largest absolute Gasteiger partial charge is 0.493 e. The average molecular weight is 358 g/mol. The van der Waals surface area contributed by atoms with Crippen molar-refractivity contribution in [3.05, 3.63) is 60.2 Å². The van der Waals surface area contributed by atoms with Gasteiger partial charge in [-0.2, -0.15) is 0 Å². The van der Waals surface area contributed by atoms with E-state index in [1.54, 1.807) is 12.1 Å². The fourth-order valence-corrected chi connectivity index (χ4v) is 3.85. The standard InChI is InChI=1S/C19H22N2O3S/c1-13(14-7-6-9-16(18(14)20)21-25(3,22)23)19(2)11-12-24-17-10-5-4-8-15(17)19/h4-10,21H,1,11-12,20H2,2-3H3. The highest BCUT2D eigenvalue weighted by Crippen LogP contribution is 2.48. The molecule has 0 saturated heterocycles. The summed E-state index contributed by atoms with van der Waals surface area (Å²) in [5.41, 5.74) is 9.31. The molecule has 0 bridgehead atoms. The third-order valence-corrected chi connectivity index (χ3v) is 5.32. The van der Waals surface area contributed by atoms with Gasteiger partial charge in [0.25, 0.3) is 0 Å². The number of ether oxygens (including phenoxy) is 1. The Morgan fingerprint density at radius 1 is 1.24 bits per heavy atom. The fraction of sp³-hybridized carbons (Fsp3) is 0.263. The lowest BCUT2D eigenvalue weighted by atomic mass is 9.70. The molecular weight excluding hydrogens is 336 g/mol. The second kappa shape index (κ2) is 6.11. The lowest BCUT2D eigenvalue weighted by Gasteiger charge is -2.38. The second-order valence-corrected chi connectivity index (χ2v) is 8.29. The molecule has 2 aromatic carbocycles. The predicted molar refractivity (Wildman–Crippen MR) is 102 cm³/mol. The lowest BCUT2D eigenvalue weighted by Crippen LogP contribution is -2.31. The third-order valence-electron chi connectivity index (χ3n) is 4.73. The Bertz CT molecular complexity index is 937. The quantitative estimate of drug-likeness (QED) is 0.821. The molecule has 25 heavy (non-hydrogen) atoms. The van der Waals surface area contributed by atoms with Crippen LogP contribution in [0.4, 0.5) is 11.4 Å². The molecular formula is C19H22N2O3S. The zero-order valence-corrected chi connectivity index (χ0v) is 15.2. The first kappa shape index (κ1) is 17.4. The van der Waals surface area contributed by atoms with Gasteiger partial charge in [-0.25, -0.2) is 8.42 Å². The number of allylic oxidation sites excluding steroid dienone is 1. The molecule has 1 aliphatic rings. The van der Waals surface area contributed by atoms with E-state index in [-0.39, 0.29) is 5.41 Å². The minimum Gasteiger partial charge on any atom is -0.493 e. The van der Waals surface area contributed by atoms with Crippen molar-refractivity contribution in [1.29, 1.82) is 0 Å². The summed E-state index contributed by atoms with van der Waals surface area (Å²) in [6.45, 7) is 7.01. The van der Waals surface area contributed by atoms with Crippen molar-refractivity contribution < 1.29 is 13.2 Å². The van der Waals surface area contributed by atoms with Gasteiger partial charge in [-0.1, -0.05) is 43.8 Å². The Hall–Kier alpha value is -2.47. The number of nitrogens with two attached hydrogens (primary N) is 1. The van der Waals surface area contributed by atoms with Crippen molar-refractivity contribution in [2.45, 2.75) is 18.8 Å². The summed E-state index contributed by atoms with van der Waals surface area (Å²) in [5, 5.41) is 0. The average Bonchev–Trinajstić information content (AvgIpc) is 2.55. The highest BCUT2D eigenvalue weighted by molar-refractivity contribution is 7.92. The van der Waals surface area contributed by atoms with Gasteiger partial charge in [0, 0.05) is 16.5 Å². The Labute approximate surface area is 148 Å². The fourth-order valence-electron chi connectivity index (χ4n) is 3.28. The zero-order chi connectivity index (χ0) is 18.2. The zero-order valence-electron chi connectivity index (χ0n) is 14.4. The molecule has 1 atom stereocenters. The summed E-state index contributed by atoms with van der Waals surface area (Å²) in [6.07, 6.45) is 1.87. The van der Waals surface area contributed by atoms with Crippen LogP contribution in [0, 0.1) is 0 Å². The molecule has 5 nitrogen and oxygen atoms in total. The molecule has 0 saturated carbocycles. The van der Waals surface area contributed by atoms with Crippen LogP contribution >= 0.6 is 0 Å². The Balaban J connectivity index is 2.07. The maximum atomic E-state index is 11.6. The molecule has 2 aromatic rings. The maximum Gasteiger partial charge on any atom is 0.229 e. The van der Waals surface area contributed by atoms with Gasteiger partial charge in [-0.05, 0) is 24.1 Å². The van der Waals surface area contributed by atoms with E-state index in [0.29, 0.717) is 18.0 Å². The number of benzene rings is 2. The van der Waals surface area contributed by atoms with Gasteiger partial charge < -0.3 is 10.5 Å².